The van der Waals surface area contributed by atoms with Gasteiger partial charge in [-0.2, -0.15) is 15.2 Å². The molecule has 0 aliphatic rings. The second-order valence-corrected chi connectivity index (χ2v) is 3.81. The first kappa shape index (κ1) is 13.5. The van der Waals surface area contributed by atoms with E-state index in [1.54, 1.807) is 6.07 Å². The maximum Gasteiger partial charge on any atom is 0.226 e. The van der Waals surface area contributed by atoms with Gasteiger partial charge < -0.3 is 15.8 Å². The predicted octanol–water partition coefficient (Wildman–Crippen LogP) is 2.29. The molecule has 0 fully saturated rings. The van der Waals surface area contributed by atoms with Gasteiger partial charge in [-0.15, -0.1) is 0 Å². The number of ether oxygens (including phenoxy) is 1. The molecule has 3 N–H and O–H groups in total. The second kappa shape index (κ2) is 5.84. The van der Waals surface area contributed by atoms with E-state index in [9.17, 15) is 4.39 Å². The van der Waals surface area contributed by atoms with Crippen LogP contribution in [0.1, 0.15) is 12.5 Å². The van der Waals surface area contributed by atoms with Crippen molar-refractivity contribution >= 4 is 11.8 Å². The number of anilines is 2. The molecule has 0 amide bonds. The Morgan fingerprint density at radius 1 is 1.45 bits per heavy atom. The molecule has 1 heterocycles. The Labute approximate surface area is 115 Å². The minimum Gasteiger partial charge on any atom is -0.437 e. The minimum absolute atomic E-state index is 0.0216. The largest absolute Gasteiger partial charge is 0.437 e. The topological polar surface area (TPSA) is 96.8 Å². The van der Waals surface area contributed by atoms with E-state index in [4.69, 9.17) is 15.7 Å². The lowest BCUT2D eigenvalue weighted by molar-refractivity contribution is 0.456. The van der Waals surface area contributed by atoms with Gasteiger partial charge in [-0.1, -0.05) is 6.07 Å². The zero-order valence-electron chi connectivity index (χ0n) is 10.7. The van der Waals surface area contributed by atoms with Crippen LogP contribution in [0.4, 0.5) is 16.2 Å². The number of hydrogen-bond donors (Lipinski definition) is 2. The molecule has 0 spiro atoms. The molecule has 0 saturated heterocycles. The number of aromatic nitrogens is 2. The third kappa shape index (κ3) is 2.92. The summed E-state index contributed by atoms with van der Waals surface area (Å²) < 4.78 is 18.9. The number of nitrogens with one attached hydrogen (secondary N) is 1. The van der Waals surface area contributed by atoms with E-state index in [0.29, 0.717) is 12.4 Å². The summed E-state index contributed by atoms with van der Waals surface area (Å²) in [6.07, 6.45) is 0. The van der Waals surface area contributed by atoms with Crippen molar-refractivity contribution in [2.24, 2.45) is 0 Å². The highest BCUT2D eigenvalue weighted by molar-refractivity contribution is 5.48. The molecule has 0 aliphatic heterocycles. The molecule has 0 atom stereocenters. The Balaban J connectivity index is 2.35. The monoisotopic (exact) mass is 273 g/mol. The number of hydrogen-bond acceptors (Lipinski definition) is 6. The number of benzene rings is 1. The van der Waals surface area contributed by atoms with Crippen molar-refractivity contribution in [1.82, 2.24) is 9.97 Å². The molecule has 1 aromatic carbocycles. The van der Waals surface area contributed by atoms with Gasteiger partial charge in [0.1, 0.15) is 29.0 Å². The Morgan fingerprint density at radius 3 is 2.95 bits per heavy atom. The average molecular weight is 273 g/mol. The van der Waals surface area contributed by atoms with Crippen molar-refractivity contribution in [2.45, 2.75) is 6.92 Å². The third-order valence-electron chi connectivity index (χ3n) is 2.38. The normalized spacial score (nSPS) is 9.85. The molecule has 102 valence electrons. The summed E-state index contributed by atoms with van der Waals surface area (Å²) in [5.41, 5.74) is 5.38. The highest BCUT2D eigenvalue weighted by atomic mass is 19.1. The molecular weight excluding hydrogens is 261 g/mol. The fraction of sp³-hybridized carbons (Fsp3) is 0.154. The van der Waals surface area contributed by atoms with Crippen LogP contribution in [0.3, 0.4) is 0 Å². The van der Waals surface area contributed by atoms with Crippen LogP contribution in [0.2, 0.25) is 0 Å². The van der Waals surface area contributed by atoms with Crippen LogP contribution in [0.5, 0.6) is 11.6 Å². The molecule has 0 bridgehead atoms. The highest BCUT2D eigenvalue weighted by Gasteiger charge is 2.11. The standard InChI is InChI=1S/C13H12FN5O/c1-2-17-11-6-12(19-13(16)18-11)20-10-5-3-4-9(14)8(10)7-15/h3-6H,2H2,1H3,(H3,16,17,18,19). The summed E-state index contributed by atoms with van der Waals surface area (Å²) in [4.78, 5) is 7.85. The Bertz CT molecular complexity index is 668. The molecule has 0 unspecified atom stereocenters. The Kier molecular flexibility index (Phi) is 3.96. The lowest BCUT2D eigenvalue weighted by Crippen LogP contribution is -2.04. The van der Waals surface area contributed by atoms with Crippen molar-refractivity contribution in [2.75, 3.05) is 17.6 Å². The zero-order valence-corrected chi connectivity index (χ0v) is 10.7. The van der Waals surface area contributed by atoms with E-state index in [0.717, 1.165) is 0 Å². The molecule has 0 radical (unpaired) electrons. The predicted molar refractivity (Wildman–Crippen MR) is 71.8 cm³/mol. The van der Waals surface area contributed by atoms with Crippen LogP contribution in [0, 0.1) is 17.1 Å². The van der Waals surface area contributed by atoms with E-state index in [1.807, 2.05) is 6.92 Å². The number of nitrogen functional groups attached to an aromatic ring is 1. The van der Waals surface area contributed by atoms with E-state index >= 15 is 0 Å². The first-order chi connectivity index (χ1) is 9.63. The number of halogens is 1. The Morgan fingerprint density at radius 2 is 2.25 bits per heavy atom. The maximum absolute atomic E-state index is 13.5. The van der Waals surface area contributed by atoms with Gasteiger partial charge in [0.2, 0.25) is 11.8 Å². The van der Waals surface area contributed by atoms with Gasteiger partial charge in [0.05, 0.1) is 0 Å². The van der Waals surface area contributed by atoms with Gasteiger partial charge in [-0.25, -0.2) is 4.39 Å². The maximum atomic E-state index is 13.5. The van der Waals surface area contributed by atoms with Crippen molar-refractivity contribution in [1.29, 1.82) is 5.26 Å². The molecule has 7 heteroatoms. The van der Waals surface area contributed by atoms with Gasteiger partial charge in [-0.3, -0.25) is 0 Å². The summed E-state index contributed by atoms with van der Waals surface area (Å²) in [5.74, 6) is 0.0702. The zero-order chi connectivity index (χ0) is 14.5. The fourth-order valence-electron chi connectivity index (χ4n) is 1.58. The molecule has 0 aliphatic carbocycles. The lowest BCUT2D eigenvalue weighted by atomic mass is 10.2. The molecule has 2 aromatic rings. The quantitative estimate of drug-likeness (QED) is 0.887. The highest BCUT2D eigenvalue weighted by Crippen LogP contribution is 2.26. The van der Waals surface area contributed by atoms with Crippen LogP contribution in [-0.2, 0) is 0 Å². The van der Waals surface area contributed by atoms with Gasteiger partial charge in [0, 0.05) is 12.6 Å². The van der Waals surface area contributed by atoms with Crippen molar-refractivity contribution in [3.05, 3.63) is 35.6 Å². The third-order valence-corrected chi connectivity index (χ3v) is 2.38. The first-order valence-electron chi connectivity index (χ1n) is 5.89. The lowest BCUT2D eigenvalue weighted by Gasteiger charge is -2.09. The molecule has 20 heavy (non-hydrogen) atoms. The molecular formula is C13H12FN5O. The van der Waals surface area contributed by atoms with Crippen molar-refractivity contribution in [3.8, 4) is 17.7 Å². The van der Waals surface area contributed by atoms with Crippen LogP contribution < -0.4 is 15.8 Å². The summed E-state index contributed by atoms with van der Waals surface area (Å²) in [5, 5.41) is 11.9. The number of nitrogens with zero attached hydrogens (tertiary/aromatic N) is 3. The summed E-state index contributed by atoms with van der Waals surface area (Å²) in [7, 11) is 0. The minimum atomic E-state index is -0.654. The van der Waals surface area contributed by atoms with Crippen LogP contribution in [0.25, 0.3) is 0 Å². The molecule has 6 nitrogen and oxygen atoms in total. The van der Waals surface area contributed by atoms with Crippen LogP contribution in [0.15, 0.2) is 24.3 Å². The van der Waals surface area contributed by atoms with Gasteiger partial charge >= 0.3 is 0 Å². The summed E-state index contributed by atoms with van der Waals surface area (Å²) in [6.45, 7) is 2.55. The van der Waals surface area contributed by atoms with E-state index in [1.165, 1.54) is 24.3 Å². The van der Waals surface area contributed by atoms with Gasteiger partial charge in [0.15, 0.2) is 0 Å². The second-order valence-electron chi connectivity index (χ2n) is 3.81. The summed E-state index contributed by atoms with van der Waals surface area (Å²) in [6, 6.07) is 7.38. The molecule has 1 aromatic heterocycles. The van der Waals surface area contributed by atoms with Crippen molar-refractivity contribution in [3.63, 3.8) is 0 Å². The summed E-state index contributed by atoms with van der Waals surface area (Å²) >= 11 is 0. The van der Waals surface area contributed by atoms with Crippen LogP contribution >= 0.6 is 0 Å². The SMILES string of the molecule is CCNc1cc(Oc2cccc(F)c2C#N)nc(N)n1. The number of nitriles is 1. The van der Waals surface area contributed by atoms with Crippen LogP contribution in [-0.4, -0.2) is 16.5 Å². The van der Waals surface area contributed by atoms with E-state index in [-0.39, 0.29) is 23.1 Å². The smallest absolute Gasteiger partial charge is 0.226 e. The Hall–Kier alpha value is -2.88. The number of rotatable bonds is 4. The van der Waals surface area contributed by atoms with Crippen molar-refractivity contribution < 1.29 is 9.13 Å². The average Bonchev–Trinajstić information content (AvgIpc) is 2.38. The number of nitrogens with two attached hydrogens (primary N) is 1. The molecule has 2 rings (SSSR count). The van der Waals surface area contributed by atoms with E-state index in [2.05, 4.69) is 15.3 Å². The van der Waals surface area contributed by atoms with E-state index < -0.39 is 5.82 Å². The van der Waals surface area contributed by atoms with Gasteiger partial charge in [0.25, 0.3) is 0 Å². The fourth-order valence-corrected chi connectivity index (χ4v) is 1.58. The van der Waals surface area contributed by atoms with Gasteiger partial charge in [-0.05, 0) is 19.1 Å². The molecule has 0 saturated carbocycles. The first-order valence-corrected chi connectivity index (χ1v) is 5.89.